The number of carbonyl (C=O) groups excluding carboxylic acids is 1. The lowest BCUT2D eigenvalue weighted by Crippen LogP contribution is -2.12. The molecular weight excluding hydrogens is 398 g/mol. The molecule has 0 aliphatic rings. The van der Waals surface area contributed by atoms with Gasteiger partial charge in [-0.15, -0.1) is 0 Å². The van der Waals surface area contributed by atoms with Crippen LogP contribution < -0.4 is 14.8 Å². The predicted octanol–water partition coefficient (Wildman–Crippen LogP) is 4.91. The Kier molecular flexibility index (Phi) is 8.44. The highest BCUT2D eigenvalue weighted by Gasteiger charge is 2.10. The van der Waals surface area contributed by atoms with E-state index in [1.807, 2.05) is 12.1 Å². The Labute approximate surface area is 162 Å². The van der Waals surface area contributed by atoms with Crippen molar-refractivity contribution in [2.75, 3.05) is 32.2 Å². The number of nitrogens with one attached hydrogen (secondary N) is 1. The van der Waals surface area contributed by atoms with Gasteiger partial charge in [-0.3, -0.25) is 4.79 Å². The molecule has 26 heavy (non-hydrogen) atoms. The number of methoxy groups -OCH3 is 1. The lowest BCUT2D eigenvalue weighted by atomic mass is 10.2. The monoisotopic (exact) mass is 421 g/mol. The molecule has 2 aromatic carbocycles. The molecule has 0 fully saturated rings. The molecule has 0 bridgehead atoms. The molecule has 0 heterocycles. The zero-order valence-corrected chi connectivity index (χ0v) is 16.7. The van der Waals surface area contributed by atoms with E-state index in [0.717, 1.165) is 28.8 Å². The van der Waals surface area contributed by atoms with Crippen LogP contribution >= 0.6 is 15.9 Å². The minimum Gasteiger partial charge on any atom is -0.492 e. The van der Waals surface area contributed by atoms with E-state index in [0.29, 0.717) is 31.1 Å². The van der Waals surface area contributed by atoms with Crippen LogP contribution in [0.5, 0.6) is 11.5 Å². The quantitative estimate of drug-likeness (QED) is 0.553. The first-order chi connectivity index (χ1) is 12.6. The number of hydrogen-bond acceptors (Lipinski definition) is 4. The average molecular weight is 422 g/mol. The van der Waals surface area contributed by atoms with Crippen molar-refractivity contribution in [1.82, 2.24) is 0 Å². The van der Waals surface area contributed by atoms with Gasteiger partial charge in [0.15, 0.2) is 0 Å². The zero-order valence-electron chi connectivity index (χ0n) is 15.1. The molecule has 0 atom stereocenters. The fourth-order valence-corrected chi connectivity index (χ4v) is 2.66. The van der Waals surface area contributed by atoms with Crippen LogP contribution in [0.1, 0.15) is 30.1 Å². The van der Waals surface area contributed by atoms with Crippen LogP contribution in [-0.2, 0) is 4.74 Å². The molecule has 0 aromatic heterocycles. The zero-order chi connectivity index (χ0) is 18.8. The molecule has 6 heteroatoms. The number of carbonyl (C=O) groups is 1. The molecule has 0 aliphatic carbocycles. The van der Waals surface area contributed by atoms with Gasteiger partial charge < -0.3 is 19.5 Å². The summed E-state index contributed by atoms with van der Waals surface area (Å²) in [5.41, 5.74) is 1.26. The van der Waals surface area contributed by atoms with Crippen molar-refractivity contribution < 1.29 is 19.0 Å². The third-order valence-electron chi connectivity index (χ3n) is 3.62. The molecule has 1 amide bonds. The highest BCUT2D eigenvalue weighted by Crippen LogP contribution is 2.27. The number of ether oxygens (including phenoxy) is 3. The molecule has 0 aliphatic heterocycles. The molecule has 0 unspecified atom stereocenters. The van der Waals surface area contributed by atoms with Crippen LogP contribution in [0.4, 0.5) is 5.69 Å². The van der Waals surface area contributed by atoms with E-state index >= 15 is 0 Å². The second-order valence-corrected chi connectivity index (χ2v) is 6.52. The van der Waals surface area contributed by atoms with E-state index in [1.165, 1.54) is 0 Å². The molecule has 2 aromatic rings. The number of hydrogen-bond donors (Lipinski definition) is 1. The second kappa shape index (κ2) is 10.8. The maximum absolute atomic E-state index is 12.4. The van der Waals surface area contributed by atoms with Crippen molar-refractivity contribution in [3.05, 3.63) is 52.5 Å². The standard InChI is InChI=1S/C20H24BrNO4/c1-3-4-11-26-19-10-5-15(14-18(19)21)20(23)22-16-6-8-17(9-7-16)25-13-12-24-2/h5-10,14H,3-4,11-13H2,1-2H3,(H,22,23). The van der Waals surface area contributed by atoms with E-state index in [2.05, 4.69) is 28.2 Å². The molecule has 0 saturated carbocycles. The van der Waals surface area contributed by atoms with Gasteiger partial charge in [-0.1, -0.05) is 13.3 Å². The predicted molar refractivity (Wildman–Crippen MR) is 106 cm³/mol. The fourth-order valence-electron chi connectivity index (χ4n) is 2.17. The number of halogens is 1. The Morgan fingerprint density at radius 2 is 1.81 bits per heavy atom. The fraction of sp³-hybridized carbons (Fsp3) is 0.350. The summed E-state index contributed by atoms with van der Waals surface area (Å²) in [5, 5.41) is 2.87. The molecule has 5 nitrogen and oxygen atoms in total. The minimum atomic E-state index is -0.182. The smallest absolute Gasteiger partial charge is 0.255 e. The first-order valence-electron chi connectivity index (χ1n) is 8.59. The van der Waals surface area contributed by atoms with Gasteiger partial charge in [0.2, 0.25) is 0 Å². The third-order valence-corrected chi connectivity index (χ3v) is 4.24. The van der Waals surface area contributed by atoms with E-state index in [1.54, 1.807) is 37.4 Å². The van der Waals surface area contributed by atoms with Gasteiger partial charge in [0.25, 0.3) is 5.91 Å². The Morgan fingerprint density at radius 3 is 2.46 bits per heavy atom. The van der Waals surface area contributed by atoms with Crippen LogP contribution in [-0.4, -0.2) is 32.8 Å². The van der Waals surface area contributed by atoms with Gasteiger partial charge in [-0.05, 0) is 64.8 Å². The summed E-state index contributed by atoms with van der Waals surface area (Å²) in [6, 6.07) is 12.6. The van der Waals surface area contributed by atoms with Crippen LogP contribution in [0.25, 0.3) is 0 Å². The summed E-state index contributed by atoms with van der Waals surface area (Å²) in [7, 11) is 1.63. The van der Waals surface area contributed by atoms with E-state index < -0.39 is 0 Å². The van der Waals surface area contributed by atoms with Crippen LogP contribution in [0.3, 0.4) is 0 Å². The van der Waals surface area contributed by atoms with Crippen molar-refractivity contribution in [3.8, 4) is 11.5 Å². The molecule has 1 N–H and O–H groups in total. The van der Waals surface area contributed by atoms with Crippen molar-refractivity contribution in [2.24, 2.45) is 0 Å². The number of unbranched alkanes of at least 4 members (excludes halogenated alkanes) is 1. The molecular formula is C20H24BrNO4. The highest BCUT2D eigenvalue weighted by molar-refractivity contribution is 9.10. The molecule has 140 valence electrons. The summed E-state index contributed by atoms with van der Waals surface area (Å²) in [6.07, 6.45) is 2.08. The number of benzene rings is 2. The summed E-state index contributed by atoms with van der Waals surface area (Å²) < 4.78 is 16.9. The van der Waals surface area contributed by atoms with Crippen LogP contribution in [0, 0.1) is 0 Å². The summed E-state index contributed by atoms with van der Waals surface area (Å²) in [5.74, 6) is 1.29. The van der Waals surface area contributed by atoms with Crippen molar-refractivity contribution in [1.29, 1.82) is 0 Å². The van der Waals surface area contributed by atoms with Gasteiger partial charge in [-0.2, -0.15) is 0 Å². The normalized spacial score (nSPS) is 10.4. The first-order valence-corrected chi connectivity index (χ1v) is 9.39. The Hall–Kier alpha value is -2.05. The molecule has 2 rings (SSSR count). The highest BCUT2D eigenvalue weighted by atomic mass is 79.9. The van der Waals surface area contributed by atoms with Gasteiger partial charge in [0.1, 0.15) is 18.1 Å². The average Bonchev–Trinajstić information content (AvgIpc) is 2.65. The maximum Gasteiger partial charge on any atom is 0.255 e. The molecule has 0 spiro atoms. The van der Waals surface area contributed by atoms with E-state index in [4.69, 9.17) is 14.2 Å². The summed E-state index contributed by atoms with van der Waals surface area (Å²) in [6.45, 7) is 3.80. The van der Waals surface area contributed by atoms with Crippen molar-refractivity contribution >= 4 is 27.5 Å². The number of anilines is 1. The lowest BCUT2D eigenvalue weighted by Gasteiger charge is -2.10. The third kappa shape index (κ3) is 6.35. The Balaban J connectivity index is 1.93. The van der Waals surface area contributed by atoms with Crippen molar-refractivity contribution in [3.63, 3.8) is 0 Å². The minimum absolute atomic E-state index is 0.182. The van der Waals surface area contributed by atoms with Gasteiger partial charge >= 0.3 is 0 Å². The number of rotatable bonds is 10. The first kappa shape index (κ1) is 20.3. The van der Waals surface area contributed by atoms with Gasteiger partial charge in [0, 0.05) is 18.4 Å². The van der Waals surface area contributed by atoms with Crippen molar-refractivity contribution in [2.45, 2.75) is 19.8 Å². The van der Waals surface area contributed by atoms with Crippen LogP contribution in [0.2, 0.25) is 0 Å². The maximum atomic E-state index is 12.4. The van der Waals surface area contributed by atoms with Gasteiger partial charge in [-0.25, -0.2) is 0 Å². The van der Waals surface area contributed by atoms with E-state index in [-0.39, 0.29) is 5.91 Å². The summed E-state index contributed by atoms with van der Waals surface area (Å²) >= 11 is 3.46. The largest absolute Gasteiger partial charge is 0.492 e. The molecule has 0 saturated heterocycles. The SMILES string of the molecule is CCCCOc1ccc(C(=O)Nc2ccc(OCCOC)cc2)cc1Br. The molecule has 0 radical (unpaired) electrons. The van der Waals surface area contributed by atoms with Crippen LogP contribution in [0.15, 0.2) is 46.9 Å². The number of amides is 1. The second-order valence-electron chi connectivity index (χ2n) is 5.67. The van der Waals surface area contributed by atoms with E-state index in [9.17, 15) is 4.79 Å². The Bertz CT molecular complexity index is 703. The topological polar surface area (TPSA) is 56.8 Å². The lowest BCUT2D eigenvalue weighted by molar-refractivity contribution is 0.102. The summed E-state index contributed by atoms with van der Waals surface area (Å²) in [4.78, 5) is 12.4. The van der Waals surface area contributed by atoms with Gasteiger partial charge in [0.05, 0.1) is 17.7 Å². The Morgan fingerprint density at radius 1 is 1.04 bits per heavy atom.